The van der Waals surface area contributed by atoms with E-state index in [-0.39, 0.29) is 22.6 Å². The zero-order valence-corrected chi connectivity index (χ0v) is 16.0. The van der Waals surface area contributed by atoms with Crippen molar-refractivity contribution in [2.24, 2.45) is 5.92 Å². The number of nitrogens with one attached hydrogen (secondary N) is 1. The van der Waals surface area contributed by atoms with E-state index in [1.807, 2.05) is 19.3 Å². The third-order valence-electron chi connectivity index (χ3n) is 5.16. The van der Waals surface area contributed by atoms with Crippen LogP contribution in [-0.2, 0) is 9.84 Å². The average Bonchev–Trinajstić information content (AvgIpc) is 3.12. The van der Waals surface area contributed by atoms with Crippen molar-refractivity contribution in [3.63, 3.8) is 0 Å². The van der Waals surface area contributed by atoms with E-state index < -0.39 is 9.84 Å². The van der Waals surface area contributed by atoms with Crippen LogP contribution in [0.1, 0.15) is 12.8 Å². The van der Waals surface area contributed by atoms with E-state index in [2.05, 4.69) is 24.8 Å². The van der Waals surface area contributed by atoms with E-state index in [9.17, 15) is 8.42 Å². The summed E-state index contributed by atoms with van der Waals surface area (Å²) in [7, 11) is 0.108. The first-order valence-electron chi connectivity index (χ1n) is 8.71. The molecule has 0 bridgehead atoms. The summed E-state index contributed by atoms with van der Waals surface area (Å²) in [5.74, 6) is 1.44. The lowest BCUT2D eigenvalue weighted by atomic mass is 9.81. The van der Waals surface area contributed by atoms with Crippen molar-refractivity contribution >= 4 is 26.7 Å². The molecule has 0 atom stereocenters. The first kappa shape index (κ1) is 17.7. The van der Waals surface area contributed by atoms with Crippen molar-refractivity contribution in [1.29, 1.82) is 0 Å². The number of aromatic nitrogens is 4. The van der Waals surface area contributed by atoms with Crippen molar-refractivity contribution in [2.45, 2.75) is 23.8 Å². The Balaban J connectivity index is 1.42. The summed E-state index contributed by atoms with van der Waals surface area (Å²) in [6.07, 6.45) is 6.47. The highest BCUT2D eigenvalue weighted by Gasteiger charge is 2.36. The summed E-state index contributed by atoms with van der Waals surface area (Å²) in [4.78, 5) is 18.0. The fraction of sp³-hybridized carbons (Fsp3) is 0.389. The summed E-state index contributed by atoms with van der Waals surface area (Å²) < 4.78 is 30.4. The van der Waals surface area contributed by atoms with Crippen LogP contribution >= 0.6 is 0 Å². The van der Waals surface area contributed by atoms with Crippen LogP contribution in [0.25, 0.3) is 11.0 Å². The van der Waals surface area contributed by atoms with Gasteiger partial charge in [-0.25, -0.2) is 23.4 Å². The predicted octanol–water partition coefficient (Wildman–Crippen LogP) is 2.05. The van der Waals surface area contributed by atoms with E-state index in [1.165, 1.54) is 25.4 Å². The number of nitrogens with zero attached hydrogens (tertiary/aromatic N) is 4. The second-order valence-electron chi connectivity index (χ2n) is 6.85. The standard InChI is InChI=1S/C18H21N5O3S/c1-23(18-15-4-6-20-17(15)21-11-22-18)13-7-12(8-13)10-27(24,25)14-3-5-19-16(9-14)26-2/h3-6,9,11-13H,7-8,10H2,1-2H3,(H,20,21,22). The van der Waals surface area contributed by atoms with Gasteiger partial charge in [0, 0.05) is 31.5 Å². The molecule has 0 amide bonds. The number of anilines is 1. The van der Waals surface area contributed by atoms with E-state index in [1.54, 1.807) is 6.33 Å². The predicted molar refractivity (Wildman–Crippen MR) is 102 cm³/mol. The van der Waals surface area contributed by atoms with Crippen LogP contribution in [0.5, 0.6) is 5.88 Å². The van der Waals surface area contributed by atoms with Gasteiger partial charge in [0.05, 0.1) is 23.1 Å². The number of fused-ring (bicyclic) bond motifs is 1. The smallest absolute Gasteiger partial charge is 0.214 e. The second kappa shape index (κ2) is 6.80. The topological polar surface area (TPSA) is 101 Å². The minimum absolute atomic E-state index is 0.130. The van der Waals surface area contributed by atoms with Crippen LogP contribution in [0.4, 0.5) is 5.82 Å². The van der Waals surface area contributed by atoms with E-state index in [0.29, 0.717) is 5.88 Å². The molecule has 1 N–H and O–H groups in total. The maximum Gasteiger partial charge on any atom is 0.214 e. The summed E-state index contributed by atoms with van der Waals surface area (Å²) in [5.41, 5.74) is 0.803. The molecule has 1 aliphatic carbocycles. The molecular formula is C18H21N5O3S. The molecule has 0 unspecified atom stereocenters. The van der Waals surface area contributed by atoms with Crippen LogP contribution in [0.2, 0.25) is 0 Å². The molecule has 0 aliphatic heterocycles. The van der Waals surface area contributed by atoms with Gasteiger partial charge in [-0.05, 0) is 30.9 Å². The van der Waals surface area contributed by atoms with Crippen molar-refractivity contribution in [3.8, 4) is 5.88 Å². The minimum atomic E-state index is -3.36. The zero-order chi connectivity index (χ0) is 19.0. The van der Waals surface area contributed by atoms with Gasteiger partial charge in [-0.3, -0.25) is 0 Å². The van der Waals surface area contributed by atoms with Crippen molar-refractivity contribution in [2.75, 3.05) is 24.8 Å². The molecule has 27 heavy (non-hydrogen) atoms. The molecule has 8 nitrogen and oxygen atoms in total. The van der Waals surface area contributed by atoms with Crippen molar-refractivity contribution in [3.05, 3.63) is 36.9 Å². The number of methoxy groups -OCH3 is 1. The second-order valence-corrected chi connectivity index (χ2v) is 8.89. The quantitative estimate of drug-likeness (QED) is 0.691. The lowest BCUT2D eigenvalue weighted by Crippen LogP contribution is -2.45. The van der Waals surface area contributed by atoms with Gasteiger partial charge in [-0.15, -0.1) is 0 Å². The first-order valence-corrected chi connectivity index (χ1v) is 10.4. The fourth-order valence-electron chi connectivity index (χ4n) is 3.57. The number of hydrogen-bond acceptors (Lipinski definition) is 7. The highest BCUT2D eigenvalue weighted by atomic mass is 32.2. The van der Waals surface area contributed by atoms with Crippen LogP contribution in [-0.4, -0.2) is 54.3 Å². The van der Waals surface area contributed by atoms with E-state index in [0.717, 1.165) is 29.7 Å². The fourth-order valence-corrected chi connectivity index (χ4v) is 5.20. The Labute approximate surface area is 157 Å². The molecule has 3 aromatic heterocycles. The summed E-state index contributed by atoms with van der Waals surface area (Å²) >= 11 is 0. The van der Waals surface area contributed by atoms with Gasteiger partial charge >= 0.3 is 0 Å². The molecule has 4 rings (SSSR count). The van der Waals surface area contributed by atoms with Gasteiger partial charge in [-0.1, -0.05) is 0 Å². The molecule has 142 valence electrons. The molecule has 0 saturated heterocycles. The number of sulfone groups is 1. The minimum Gasteiger partial charge on any atom is -0.481 e. The van der Waals surface area contributed by atoms with Crippen LogP contribution < -0.4 is 9.64 Å². The highest BCUT2D eigenvalue weighted by Crippen LogP contribution is 2.36. The molecule has 3 heterocycles. The third kappa shape index (κ3) is 3.34. The molecule has 0 aromatic carbocycles. The first-order chi connectivity index (χ1) is 13.0. The molecule has 1 fully saturated rings. The van der Waals surface area contributed by atoms with Gasteiger partial charge in [0.25, 0.3) is 0 Å². The molecular weight excluding hydrogens is 366 g/mol. The van der Waals surface area contributed by atoms with Gasteiger partial charge in [-0.2, -0.15) is 0 Å². The Hall–Kier alpha value is -2.68. The van der Waals surface area contributed by atoms with Crippen molar-refractivity contribution in [1.82, 2.24) is 19.9 Å². The monoisotopic (exact) mass is 387 g/mol. The summed E-state index contributed by atoms with van der Waals surface area (Å²) in [5, 5.41) is 0.972. The largest absolute Gasteiger partial charge is 0.481 e. The normalized spacial score (nSPS) is 19.6. The maximum absolute atomic E-state index is 12.7. The van der Waals surface area contributed by atoms with Crippen molar-refractivity contribution < 1.29 is 13.2 Å². The number of H-pyrrole nitrogens is 1. The Bertz CT molecular complexity index is 1060. The molecule has 1 saturated carbocycles. The number of ether oxygens (including phenoxy) is 1. The molecule has 1 aliphatic rings. The number of hydrogen-bond donors (Lipinski definition) is 1. The van der Waals surface area contributed by atoms with Gasteiger partial charge in [0.2, 0.25) is 5.88 Å². The lowest BCUT2D eigenvalue weighted by molar-refractivity contribution is 0.282. The highest BCUT2D eigenvalue weighted by molar-refractivity contribution is 7.91. The Morgan fingerprint density at radius 2 is 2.07 bits per heavy atom. The van der Waals surface area contributed by atoms with Crippen LogP contribution in [0, 0.1) is 5.92 Å². The molecule has 3 aromatic rings. The van der Waals surface area contributed by atoms with E-state index in [4.69, 9.17) is 4.74 Å². The lowest BCUT2D eigenvalue weighted by Gasteiger charge is -2.41. The Morgan fingerprint density at radius 3 is 2.85 bits per heavy atom. The van der Waals surface area contributed by atoms with Gasteiger partial charge in [0.1, 0.15) is 17.8 Å². The SMILES string of the molecule is COc1cc(S(=O)(=O)CC2CC(N(C)c3ncnc4[nH]ccc34)C2)ccn1. The third-order valence-corrected chi connectivity index (χ3v) is 7.04. The Morgan fingerprint density at radius 1 is 1.26 bits per heavy atom. The number of pyridine rings is 1. The summed E-state index contributed by atoms with van der Waals surface area (Å²) in [6.45, 7) is 0. The average molecular weight is 387 g/mol. The maximum atomic E-state index is 12.7. The number of rotatable bonds is 6. The van der Waals surface area contributed by atoms with Crippen LogP contribution in [0.15, 0.2) is 41.8 Å². The molecule has 0 radical (unpaired) electrons. The number of aromatic amines is 1. The Kier molecular flexibility index (Phi) is 4.47. The zero-order valence-electron chi connectivity index (χ0n) is 15.2. The molecule has 9 heteroatoms. The van der Waals surface area contributed by atoms with Gasteiger partial charge in [0.15, 0.2) is 9.84 Å². The summed E-state index contributed by atoms with van der Waals surface area (Å²) in [6, 6.07) is 5.22. The van der Waals surface area contributed by atoms with E-state index >= 15 is 0 Å². The van der Waals surface area contributed by atoms with Gasteiger partial charge < -0.3 is 14.6 Å². The molecule has 0 spiro atoms. The van der Waals surface area contributed by atoms with Crippen LogP contribution in [0.3, 0.4) is 0 Å².